The molecule has 0 atom stereocenters. The summed E-state index contributed by atoms with van der Waals surface area (Å²) in [4.78, 5) is 13.6. The Morgan fingerprint density at radius 3 is 2.79 bits per heavy atom. The van der Waals surface area contributed by atoms with Gasteiger partial charge in [-0.05, 0) is 24.3 Å². The van der Waals surface area contributed by atoms with E-state index in [0.29, 0.717) is 5.92 Å². The molecule has 1 aliphatic rings. The fourth-order valence-corrected chi connectivity index (χ4v) is 1.80. The van der Waals surface area contributed by atoms with Gasteiger partial charge >= 0.3 is 0 Å². The molecule has 1 aliphatic carbocycles. The molecule has 0 unspecified atom stereocenters. The molecule has 0 aromatic rings. The van der Waals surface area contributed by atoms with E-state index >= 15 is 0 Å². The maximum absolute atomic E-state index is 11.1. The molecule has 0 aromatic carbocycles. The molecule has 0 bridgehead atoms. The van der Waals surface area contributed by atoms with Crippen molar-refractivity contribution in [2.45, 2.75) is 32.1 Å². The molecule has 1 rings (SSSR count). The predicted octanol–water partition coefficient (Wildman–Crippen LogP) is 1.99. The Morgan fingerprint density at radius 2 is 2.14 bits per heavy atom. The molecule has 0 radical (unpaired) electrons. The summed E-state index contributed by atoms with van der Waals surface area (Å²) in [7, 11) is 0. The van der Waals surface area contributed by atoms with Crippen LogP contribution in [-0.4, -0.2) is 19.0 Å². The van der Waals surface area contributed by atoms with Gasteiger partial charge in [-0.3, -0.25) is 4.79 Å². The zero-order chi connectivity index (χ0) is 10.2. The Bertz CT molecular complexity index is 229. The van der Waals surface area contributed by atoms with Crippen LogP contribution in [0, 0.1) is 5.92 Å². The van der Waals surface area contributed by atoms with Gasteiger partial charge in [-0.15, -0.1) is 0 Å². The lowest BCUT2D eigenvalue weighted by molar-refractivity contribution is -0.119. The first-order valence-electron chi connectivity index (χ1n) is 5.10. The van der Waals surface area contributed by atoms with E-state index in [2.05, 4.69) is 15.3 Å². The van der Waals surface area contributed by atoms with Crippen LogP contribution in [0.4, 0.5) is 0 Å². The molecule has 5 heteroatoms. The molecular weight excluding hydrogens is 180 g/mol. The standard InChI is InChI=1S/C9H16N4O/c10-13-12-7-9(14)11-6-8-4-2-1-3-5-8/h8H,1-7H2,(H,11,14). The molecule has 1 N–H and O–H groups in total. The number of rotatable bonds is 4. The molecule has 1 amide bonds. The Morgan fingerprint density at radius 1 is 1.43 bits per heavy atom. The van der Waals surface area contributed by atoms with Crippen molar-refractivity contribution in [1.29, 1.82) is 0 Å². The molecule has 0 heterocycles. The maximum Gasteiger partial charge on any atom is 0.225 e. The van der Waals surface area contributed by atoms with Crippen LogP contribution in [0.1, 0.15) is 32.1 Å². The second-order valence-corrected chi connectivity index (χ2v) is 3.70. The summed E-state index contributed by atoms with van der Waals surface area (Å²) in [6.07, 6.45) is 6.29. The van der Waals surface area contributed by atoms with E-state index in [4.69, 9.17) is 5.53 Å². The van der Waals surface area contributed by atoms with E-state index in [9.17, 15) is 4.79 Å². The average molecular weight is 196 g/mol. The topological polar surface area (TPSA) is 77.9 Å². The molecular formula is C9H16N4O. The first kappa shape index (κ1) is 10.9. The van der Waals surface area contributed by atoms with Crippen molar-refractivity contribution < 1.29 is 4.79 Å². The average Bonchev–Trinajstić information content (AvgIpc) is 2.25. The number of hydrogen-bond donors (Lipinski definition) is 1. The molecule has 0 saturated heterocycles. The van der Waals surface area contributed by atoms with Crippen LogP contribution in [0.3, 0.4) is 0 Å². The molecule has 1 saturated carbocycles. The lowest BCUT2D eigenvalue weighted by Gasteiger charge is -2.21. The molecule has 1 fully saturated rings. The highest BCUT2D eigenvalue weighted by molar-refractivity contribution is 5.78. The van der Waals surface area contributed by atoms with Crippen molar-refractivity contribution in [3.05, 3.63) is 10.4 Å². The summed E-state index contributed by atoms with van der Waals surface area (Å²) in [5.74, 6) is 0.451. The second-order valence-electron chi connectivity index (χ2n) is 3.70. The minimum atomic E-state index is -0.173. The molecule has 14 heavy (non-hydrogen) atoms. The van der Waals surface area contributed by atoms with Gasteiger partial charge < -0.3 is 5.32 Å². The van der Waals surface area contributed by atoms with E-state index in [1.165, 1.54) is 32.1 Å². The van der Waals surface area contributed by atoms with Gasteiger partial charge in [0.25, 0.3) is 0 Å². The number of azide groups is 1. The lowest BCUT2D eigenvalue weighted by Crippen LogP contribution is -2.31. The van der Waals surface area contributed by atoms with Crippen molar-refractivity contribution in [3.8, 4) is 0 Å². The van der Waals surface area contributed by atoms with Gasteiger partial charge in [0.05, 0.1) is 0 Å². The SMILES string of the molecule is [N-]=[N+]=NCC(=O)NCC1CCCCC1. The smallest absolute Gasteiger partial charge is 0.225 e. The molecule has 78 valence electrons. The van der Waals surface area contributed by atoms with E-state index < -0.39 is 0 Å². The normalized spacial score (nSPS) is 17.1. The summed E-state index contributed by atoms with van der Waals surface area (Å²) in [6, 6.07) is 0. The van der Waals surface area contributed by atoms with Crippen molar-refractivity contribution >= 4 is 5.91 Å². The van der Waals surface area contributed by atoms with Crippen LogP contribution in [0.15, 0.2) is 5.11 Å². The van der Waals surface area contributed by atoms with Crippen LogP contribution >= 0.6 is 0 Å². The minimum Gasteiger partial charge on any atom is -0.356 e. The van der Waals surface area contributed by atoms with Crippen LogP contribution in [-0.2, 0) is 4.79 Å². The highest BCUT2D eigenvalue weighted by atomic mass is 16.1. The Hall–Kier alpha value is -1.22. The van der Waals surface area contributed by atoms with Crippen molar-refractivity contribution in [2.75, 3.05) is 13.1 Å². The second kappa shape index (κ2) is 6.27. The van der Waals surface area contributed by atoms with Crippen LogP contribution < -0.4 is 5.32 Å². The highest BCUT2D eigenvalue weighted by Gasteiger charge is 2.13. The monoisotopic (exact) mass is 196 g/mol. The van der Waals surface area contributed by atoms with E-state index in [-0.39, 0.29) is 12.5 Å². The van der Waals surface area contributed by atoms with Gasteiger partial charge in [0.1, 0.15) is 6.54 Å². The van der Waals surface area contributed by atoms with Crippen LogP contribution in [0.2, 0.25) is 0 Å². The van der Waals surface area contributed by atoms with Crippen molar-refractivity contribution in [3.63, 3.8) is 0 Å². The minimum absolute atomic E-state index is 0.0801. The number of amides is 1. The van der Waals surface area contributed by atoms with Crippen molar-refractivity contribution in [2.24, 2.45) is 11.0 Å². The summed E-state index contributed by atoms with van der Waals surface area (Å²) >= 11 is 0. The fourth-order valence-electron chi connectivity index (χ4n) is 1.80. The van der Waals surface area contributed by atoms with Crippen LogP contribution in [0.25, 0.3) is 10.4 Å². The highest BCUT2D eigenvalue weighted by Crippen LogP contribution is 2.22. The number of carbonyl (C=O) groups excluding carboxylic acids is 1. The molecule has 5 nitrogen and oxygen atoms in total. The summed E-state index contributed by atoms with van der Waals surface area (Å²) in [5.41, 5.74) is 8.01. The third kappa shape index (κ3) is 4.14. The first-order valence-corrected chi connectivity index (χ1v) is 5.10. The first-order chi connectivity index (χ1) is 6.83. The van der Waals surface area contributed by atoms with Gasteiger partial charge in [0, 0.05) is 11.5 Å². The van der Waals surface area contributed by atoms with Crippen molar-refractivity contribution in [1.82, 2.24) is 5.32 Å². The summed E-state index contributed by atoms with van der Waals surface area (Å²) < 4.78 is 0. The van der Waals surface area contributed by atoms with Gasteiger partial charge in [-0.2, -0.15) is 0 Å². The zero-order valence-corrected chi connectivity index (χ0v) is 8.28. The number of carbonyl (C=O) groups is 1. The molecule has 0 aliphatic heterocycles. The maximum atomic E-state index is 11.1. The Balaban J connectivity index is 2.12. The summed E-state index contributed by atoms with van der Waals surface area (Å²) in [5, 5.41) is 5.99. The quantitative estimate of drug-likeness (QED) is 0.416. The van der Waals surface area contributed by atoms with E-state index in [0.717, 1.165) is 6.54 Å². The van der Waals surface area contributed by atoms with Gasteiger partial charge in [-0.25, -0.2) is 0 Å². The summed E-state index contributed by atoms with van der Waals surface area (Å²) in [6.45, 7) is 0.656. The lowest BCUT2D eigenvalue weighted by atomic mass is 9.89. The fraction of sp³-hybridized carbons (Fsp3) is 0.889. The Labute approximate surface area is 83.5 Å². The number of nitrogens with one attached hydrogen (secondary N) is 1. The largest absolute Gasteiger partial charge is 0.356 e. The van der Waals surface area contributed by atoms with Gasteiger partial charge in [0.15, 0.2) is 0 Å². The molecule has 0 spiro atoms. The van der Waals surface area contributed by atoms with Crippen LogP contribution in [0.5, 0.6) is 0 Å². The third-order valence-electron chi connectivity index (χ3n) is 2.59. The Kier molecular flexibility index (Phi) is 4.86. The van der Waals surface area contributed by atoms with Gasteiger partial charge in [-0.1, -0.05) is 24.4 Å². The molecule has 0 aromatic heterocycles. The third-order valence-corrected chi connectivity index (χ3v) is 2.59. The zero-order valence-electron chi connectivity index (χ0n) is 8.28. The van der Waals surface area contributed by atoms with Gasteiger partial charge in [0.2, 0.25) is 5.91 Å². The van der Waals surface area contributed by atoms with E-state index in [1.54, 1.807) is 0 Å². The van der Waals surface area contributed by atoms with E-state index in [1.807, 2.05) is 0 Å². The predicted molar refractivity (Wildman–Crippen MR) is 53.6 cm³/mol. The number of hydrogen-bond acceptors (Lipinski definition) is 2. The number of nitrogens with zero attached hydrogens (tertiary/aromatic N) is 3.